The molecule has 8 nitrogen and oxygen atoms in total. The molecule has 0 aliphatic carbocycles. The van der Waals surface area contributed by atoms with Crippen LogP contribution in [0.25, 0.3) is 5.69 Å². The van der Waals surface area contributed by atoms with E-state index in [9.17, 15) is 18.4 Å². The molecule has 0 amide bonds. The van der Waals surface area contributed by atoms with Gasteiger partial charge in [-0.25, -0.2) is 13.5 Å². The molecule has 0 bridgehead atoms. The molecule has 158 valence electrons. The van der Waals surface area contributed by atoms with E-state index in [1.807, 2.05) is 0 Å². The number of nitrogens with zero attached hydrogens (tertiary/aromatic N) is 4. The maximum atomic E-state index is 13.1. The van der Waals surface area contributed by atoms with Crippen molar-refractivity contribution in [1.29, 1.82) is 0 Å². The number of halogens is 2. The molecule has 0 radical (unpaired) electrons. The molecule has 0 aliphatic heterocycles. The molecule has 0 fully saturated rings. The van der Waals surface area contributed by atoms with Gasteiger partial charge in [-0.3, -0.25) is 14.3 Å². The average molecular weight is 417 g/mol. The second-order valence-corrected chi connectivity index (χ2v) is 6.84. The Balaban J connectivity index is 1.71. The van der Waals surface area contributed by atoms with Crippen LogP contribution in [-0.4, -0.2) is 44.6 Å². The molecule has 0 aliphatic rings. The molecule has 3 rings (SSSR count). The van der Waals surface area contributed by atoms with E-state index in [1.54, 1.807) is 59.3 Å². The fourth-order valence-electron chi connectivity index (χ4n) is 2.75. The molecule has 0 unspecified atom stereocenters. The lowest BCUT2D eigenvalue weighted by atomic mass is 10.0. The smallest absolute Gasteiger partial charge is 0.310 e. The number of ether oxygens (including phenoxy) is 1. The number of carbonyl (C=O) groups is 1. The third-order valence-electron chi connectivity index (χ3n) is 4.29. The molecular weight excluding hydrogens is 396 g/mol. The topological polar surface area (TPSA) is 105 Å². The lowest BCUT2D eigenvalue weighted by Gasteiger charge is -2.14. The Morgan fingerprint density at radius 1 is 1.27 bits per heavy atom. The number of hydrogen-bond donors (Lipinski definition) is 1. The summed E-state index contributed by atoms with van der Waals surface area (Å²) in [6, 6.07) is 8.33. The van der Waals surface area contributed by atoms with E-state index in [4.69, 9.17) is 5.73 Å². The molecule has 1 aromatic carbocycles. The third-order valence-corrected chi connectivity index (χ3v) is 4.29. The molecule has 0 saturated carbocycles. The normalized spacial score (nSPS) is 11.5. The molecule has 30 heavy (non-hydrogen) atoms. The highest BCUT2D eigenvalue weighted by molar-refractivity contribution is 5.72. The van der Waals surface area contributed by atoms with Gasteiger partial charge in [-0.1, -0.05) is 24.3 Å². The summed E-state index contributed by atoms with van der Waals surface area (Å²) in [7, 11) is 1.78. The van der Waals surface area contributed by atoms with E-state index in [2.05, 4.69) is 14.9 Å². The van der Waals surface area contributed by atoms with Crippen LogP contribution in [-0.2, 0) is 29.4 Å². The van der Waals surface area contributed by atoms with E-state index < -0.39 is 25.0 Å². The van der Waals surface area contributed by atoms with Gasteiger partial charge in [0, 0.05) is 25.7 Å². The van der Waals surface area contributed by atoms with Gasteiger partial charge in [-0.05, 0) is 11.1 Å². The molecule has 0 atom stereocenters. The summed E-state index contributed by atoms with van der Waals surface area (Å²) in [5.74, 6) is -4.03. The maximum Gasteiger partial charge on any atom is 0.310 e. The minimum Gasteiger partial charge on any atom is -0.459 e. The van der Waals surface area contributed by atoms with Gasteiger partial charge in [0.2, 0.25) is 5.43 Å². The maximum absolute atomic E-state index is 13.1. The van der Waals surface area contributed by atoms with Gasteiger partial charge in [0.15, 0.2) is 6.61 Å². The predicted octanol–water partition coefficient (Wildman–Crippen LogP) is 1.24. The minimum atomic E-state index is -3.25. The number of hydrogen-bond acceptors (Lipinski definition) is 6. The molecule has 0 spiro atoms. The number of alkyl halides is 2. The largest absolute Gasteiger partial charge is 0.459 e. The van der Waals surface area contributed by atoms with Gasteiger partial charge >= 0.3 is 5.97 Å². The van der Waals surface area contributed by atoms with Gasteiger partial charge in [-0.15, -0.1) is 0 Å². The van der Waals surface area contributed by atoms with Gasteiger partial charge < -0.3 is 10.5 Å². The van der Waals surface area contributed by atoms with Crippen LogP contribution in [0, 0.1) is 0 Å². The first-order valence-electron chi connectivity index (χ1n) is 9.15. The zero-order valence-corrected chi connectivity index (χ0v) is 16.3. The second kappa shape index (κ2) is 8.95. The Hall–Kier alpha value is -3.40. The quantitative estimate of drug-likeness (QED) is 0.553. The van der Waals surface area contributed by atoms with Gasteiger partial charge in [-0.2, -0.15) is 10.2 Å². The van der Waals surface area contributed by atoms with Crippen molar-refractivity contribution in [3.8, 4) is 5.69 Å². The number of nitrogens with two attached hydrogens (primary N) is 1. The highest BCUT2D eigenvalue weighted by Crippen LogP contribution is 2.13. The first kappa shape index (κ1) is 21.3. The first-order chi connectivity index (χ1) is 14.3. The van der Waals surface area contributed by atoms with E-state index in [0.717, 1.165) is 5.56 Å². The van der Waals surface area contributed by atoms with Crippen molar-refractivity contribution >= 4 is 5.97 Å². The van der Waals surface area contributed by atoms with E-state index >= 15 is 0 Å². The lowest BCUT2D eigenvalue weighted by Crippen LogP contribution is -2.34. The summed E-state index contributed by atoms with van der Waals surface area (Å²) in [4.78, 5) is 24.1. The molecule has 2 heterocycles. The molecular formula is C20H21F2N5O3. The SMILES string of the molecule is Cn1cc(-n2ccc(=O)c(Cc3cccc(CC(=O)OCC(F)(F)CN)c3)n2)cn1. The van der Waals surface area contributed by atoms with E-state index in [1.165, 1.54) is 6.07 Å². The van der Waals surface area contributed by atoms with Gasteiger partial charge in [0.05, 0.1) is 25.4 Å². The molecule has 2 N–H and O–H groups in total. The summed E-state index contributed by atoms with van der Waals surface area (Å²) < 4.78 is 34.0. The van der Waals surface area contributed by atoms with E-state index in [0.29, 0.717) is 16.9 Å². The first-order valence-corrected chi connectivity index (χ1v) is 9.15. The Morgan fingerprint density at radius 2 is 2.03 bits per heavy atom. The van der Waals surface area contributed by atoms with Crippen LogP contribution in [0.5, 0.6) is 0 Å². The van der Waals surface area contributed by atoms with Crippen LogP contribution >= 0.6 is 0 Å². The Kier molecular flexibility index (Phi) is 6.36. The van der Waals surface area contributed by atoms with Crippen LogP contribution in [0.15, 0.2) is 53.7 Å². The second-order valence-electron chi connectivity index (χ2n) is 6.84. The summed E-state index contributed by atoms with van der Waals surface area (Å²) in [5, 5.41) is 8.46. The van der Waals surface area contributed by atoms with Crippen molar-refractivity contribution in [1.82, 2.24) is 19.6 Å². The zero-order chi connectivity index (χ0) is 21.7. The van der Waals surface area contributed by atoms with Crippen molar-refractivity contribution in [2.75, 3.05) is 13.2 Å². The standard InChI is InChI=1S/C20H21F2N5O3/c1-26-11-16(10-24-26)27-6-5-18(28)17(25-27)8-14-3-2-4-15(7-14)9-19(29)30-13-20(21,22)12-23/h2-7,10-11H,8-9,12-13,23H2,1H3. The van der Waals surface area contributed by atoms with Crippen LogP contribution in [0.3, 0.4) is 0 Å². The minimum absolute atomic E-state index is 0.170. The molecule has 0 saturated heterocycles. The number of rotatable bonds is 8. The van der Waals surface area contributed by atoms with Crippen molar-refractivity contribution in [2.24, 2.45) is 12.8 Å². The Bertz CT molecular complexity index is 1090. The van der Waals surface area contributed by atoms with E-state index in [-0.39, 0.29) is 18.3 Å². The van der Waals surface area contributed by atoms with Gasteiger partial charge in [0.1, 0.15) is 11.4 Å². The van der Waals surface area contributed by atoms with Crippen molar-refractivity contribution in [3.05, 3.63) is 76.0 Å². The Morgan fingerprint density at radius 3 is 2.73 bits per heavy atom. The predicted molar refractivity (Wildman–Crippen MR) is 105 cm³/mol. The van der Waals surface area contributed by atoms with Crippen LogP contribution in [0.2, 0.25) is 0 Å². The number of carbonyl (C=O) groups excluding carboxylic acids is 1. The fraction of sp³-hybridized carbons (Fsp3) is 0.300. The molecule has 10 heteroatoms. The monoisotopic (exact) mass is 417 g/mol. The number of benzene rings is 1. The molecule has 2 aromatic heterocycles. The zero-order valence-electron chi connectivity index (χ0n) is 16.3. The third kappa shape index (κ3) is 5.57. The molecule has 3 aromatic rings. The van der Waals surface area contributed by atoms with Gasteiger partial charge in [0.25, 0.3) is 5.92 Å². The van der Waals surface area contributed by atoms with Crippen LogP contribution < -0.4 is 11.2 Å². The summed E-state index contributed by atoms with van der Waals surface area (Å²) in [5.41, 5.74) is 7.07. The fourth-order valence-corrected chi connectivity index (χ4v) is 2.75. The summed E-state index contributed by atoms with van der Waals surface area (Å²) in [6.07, 6.45) is 5.03. The number of esters is 1. The number of aryl methyl sites for hydroxylation is 1. The summed E-state index contributed by atoms with van der Waals surface area (Å²) in [6.45, 7) is -1.94. The van der Waals surface area contributed by atoms with Crippen molar-refractivity contribution < 1.29 is 18.3 Å². The van der Waals surface area contributed by atoms with Crippen LogP contribution in [0.4, 0.5) is 8.78 Å². The summed E-state index contributed by atoms with van der Waals surface area (Å²) >= 11 is 0. The highest BCUT2D eigenvalue weighted by Gasteiger charge is 2.28. The van der Waals surface area contributed by atoms with Crippen molar-refractivity contribution in [3.63, 3.8) is 0 Å². The lowest BCUT2D eigenvalue weighted by molar-refractivity contribution is -0.153. The highest BCUT2D eigenvalue weighted by atomic mass is 19.3. The van der Waals surface area contributed by atoms with Crippen LogP contribution in [0.1, 0.15) is 16.8 Å². The number of aromatic nitrogens is 4. The Labute approximate surface area is 170 Å². The average Bonchev–Trinajstić information content (AvgIpc) is 3.15. The van der Waals surface area contributed by atoms with Crippen molar-refractivity contribution in [2.45, 2.75) is 18.8 Å².